The van der Waals surface area contributed by atoms with E-state index in [4.69, 9.17) is 9.47 Å². The van der Waals surface area contributed by atoms with Gasteiger partial charge in [0.15, 0.2) is 23.0 Å². The minimum absolute atomic E-state index is 0.126. The van der Waals surface area contributed by atoms with E-state index in [0.717, 1.165) is 23.1 Å². The normalized spacial score (nSPS) is 10.4. The molecule has 0 unspecified atom stereocenters. The Morgan fingerprint density at radius 3 is 2.29 bits per heavy atom. The largest absolute Gasteiger partial charge is 0.504 e. The Balaban J connectivity index is 2.18. The zero-order valence-corrected chi connectivity index (χ0v) is 12.5. The summed E-state index contributed by atoms with van der Waals surface area (Å²) in [4.78, 5) is 0. The highest BCUT2D eigenvalue weighted by Crippen LogP contribution is 2.33. The topological polar surface area (TPSA) is 58.9 Å². The van der Waals surface area contributed by atoms with E-state index in [2.05, 4.69) is 0 Å². The van der Waals surface area contributed by atoms with Crippen molar-refractivity contribution in [3.63, 3.8) is 0 Å². The first kappa shape index (κ1) is 15.0. The van der Waals surface area contributed by atoms with Gasteiger partial charge in [-0.1, -0.05) is 12.1 Å². The summed E-state index contributed by atoms with van der Waals surface area (Å²) in [6.45, 7) is 1.97. The van der Waals surface area contributed by atoms with E-state index in [1.54, 1.807) is 19.2 Å². The average Bonchev–Trinajstić information content (AvgIpc) is 2.49. The molecule has 0 spiro atoms. The van der Waals surface area contributed by atoms with E-state index < -0.39 is 0 Å². The third-order valence-corrected chi connectivity index (χ3v) is 3.45. The van der Waals surface area contributed by atoms with Crippen molar-refractivity contribution in [3.8, 4) is 23.0 Å². The molecule has 0 heterocycles. The second-order valence-electron chi connectivity index (χ2n) is 4.98. The second kappa shape index (κ2) is 6.39. The Labute approximate surface area is 124 Å². The summed E-state index contributed by atoms with van der Waals surface area (Å²) in [5.41, 5.74) is 2.92. The molecular weight excluding hydrogens is 268 g/mol. The van der Waals surface area contributed by atoms with Gasteiger partial charge in [0.05, 0.1) is 14.2 Å². The first-order valence-electron chi connectivity index (χ1n) is 6.77. The molecule has 0 aromatic heterocycles. The molecule has 0 saturated carbocycles. The number of aromatic hydroxyl groups is 2. The molecule has 2 aromatic carbocycles. The lowest BCUT2D eigenvalue weighted by molar-refractivity contribution is 0.370. The van der Waals surface area contributed by atoms with E-state index in [1.807, 2.05) is 25.1 Å². The third kappa shape index (κ3) is 3.40. The number of aryl methyl sites for hydroxylation is 3. The van der Waals surface area contributed by atoms with Crippen LogP contribution in [0, 0.1) is 6.92 Å². The van der Waals surface area contributed by atoms with Crippen LogP contribution < -0.4 is 9.47 Å². The Bertz CT molecular complexity index is 635. The molecule has 2 N–H and O–H groups in total. The summed E-state index contributed by atoms with van der Waals surface area (Å²) < 4.78 is 10.3. The highest BCUT2D eigenvalue weighted by Gasteiger charge is 2.10. The Hall–Kier alpha value is -2.36. The Kier molecular flexibility index (Phi) is 4.58. The molecule has 4 nitrogen and oxygen atoms in total. The van der Waals surface area contributed by atoms with Crippen LogP contribution in [0.2, 0.25) is 0 Å². The molecule has 0 aliphatic carbocycles. The van der Waals surface area contributed by atoms with Gasteiger partial charge in [0.2, 0.25) is 0 Å². The molecule has 0 saturated heterocycles. The standard InChI is InChI=1S/C17H20O4/c1-11-8-13(17(19)16(9-11)21-3)6-4-12-5-7-14(18)15(10-12)20-2/h5,7-10,18-19H,4,6H2,1-3H3. The van der Waals surface area contributed by atoms with Crippen molar-refractivity contribution in [1.29, 1.82) is 0 Å². The van der Waals surface area contributed by atoms with E-state index in [9.17, 15) is 10.2 Å². The van der Waals surface area contributed by atoms with Crippen LogP contribution in [-0.4, -0.2) is 24.4 Å². The molecule has 0 aliphatic rings. The first-order chi connectivity index (χ1) is 10.0. The first-order valence-corrected chi connectivity index (χ1v) is 6.77. The summed E-state index contributed by atoms with van der Waals surface area (Å²) in [5, 5.41) is 19.7. The molecule has 2 aromatic rings. The minimum Gasteiger partial charge on any atom is -0.504 e. The predicted octanol–water partition coefficient (Wildman–Crippen LogP) is 3.21. The van der Waals surface area contributed by atoms with Gasteiger partial charge in [-0.2, -0.15) is 0 Å². The number of phenolic OH excluding ortho intramolecular Hbond substituents is 2. The van der Waals surface area contributed by atoms with Crippen molar-refractivity contribution in [2.75, 3.05) is 14.2 Å². The molecule has 0 atom stereocenters. The fraction of sp³-hybridized carbons (Fsp3) is 0.294. The number of hydrogen-bond acceptors (Lipinski definition) is 4. The molecule has 0 amide bonds. The monoisotopic (exact) mass is 288 g/mol. The maximum absolute atomic E-state index is 10.1. The summed E-state index contributed by atoms with van der Waals surface area (Å²) in [7, 11) is 3.07. The SMILES string of the molecule is COc1cc(CCc2cc(C)cc(OC)c2O)ccc1O. The maximum Gasteiger partial charge on any atom is 0.161 e. The second-order valence-corrected chi connectivity index (χ2v) is 4.98. The molecule has 21 heavy (non-hydrogen) atoms. The molecular formula is C17H20O4. The molecule has 0 bridgehead atoms. The van der Waals surface area contributed by atoms with Crippen molar-refractivity contribution >= 4 is 0 Å². The van der Waals surface area contributed by atoms with Crippen molar-refractivity contribution in [2.45, 2.75) is 19.8 Å². The van der Waals surface area contributed by atoms with E-state index in [1.165, 1.54) is 7.11 Å². The lowest BCUT2D eigenvalue weighted by Gasteiger charge is -2.11. The summed E-state index contributed by atoms with van der Waals surface area (Å²) in [5.74, 6) is 1.27. The van der Waals surface area contributed by atoms with Crippen molar-refractivity contribution in [2.24, 2.45) is 0 Å². The number of methoxy groups -OCH3 is 2. The fourth-order valence-corrected chi connectivity index (χ4v) is 2.32. The van der Waals surface area contributed by atoms with E-state index in [0.29, 0.717) is 17.9 Å². The minimum atomic E-state index is 0.126. The van der Waals surface area contributed by atoms with Crippen LogP contribution >= 0.6 is 0 Å². The molecule has 112 valence electrons. The third-order valence-electron chi connectivity index (χ3n) is 3.45. The number of hydrogen-bond donors (Lipinski definition) is 2. The number of phenols is 2. The van der Waals surface area contributed by atoms with Gasteiger partial charge in [0.1, 0.15) is 0 Å². The van der Waals surface area contributed by atoms with Crippen LogP contribution in [0.5, 0.6) is 23.0 Å². The number of benzene rings is 2. The van der Waals surface area contributed by atoms with E-state index >= 15 is 0 Å². The van der Waals surface area contributed by atoms with Gasteiger partial charge in [0, 0.05) is 0 Å². The highest BCUT2D eigenvalue weighted by molar-refractivity contribution is 5.49. The van der Waals surface area contributed by atoms with Crippen molar-refractivity contribution < 1.29 is 19.7 Å². The molecule has 4 heteroatoms. The number of ether oxygens (including phenoxy) is 2. The maximum atomic E-state index is 10.1. The lowest BCUT2D eigenvalue weighted by Crippen LogP contribution is -1.96. The van der Waals surface area contributed by atoms with Gasteiger partial charge >= 0.3 is 0 Å². The molecule has 0 radical (unpaired) electrons. The predicted molar refractivity (Wildman–Crippen MR) is 81.5 cm³/mol. The van der Waals surface area contributed by atoms with Crippen LogP contribution in [-0.2, 0) is 12.8 Å². The van der Waals surface area contributed by atoms with Crippen LogP contribution in [0.3, 0.4) is 0 Å². The zero-order valence-electron chi connectivity index (χ0n) is 12.5. The average molecular weight is 288 g/mol. The molecule has 0 fully saturated rings. The van der Waals surface area contributed by atoms with Crippen molar-refractivity contribution in [1.82, 2.24) is 0 Å². The van der Waals surface area contributed by atoms with Gasteiger partial charge in [0.25, 0.3) is 0 Å². The van der Waals surface area contributed by atoms with Crippen LogP contribution in [0.4, 0.5) is 0 Å². The molecule has 2 rings (SSSR count). The van der Waals surface area contributed by atoms with Gasteiger partial charge in [-0.15, -0.1) is 0 Å². The van der Waals surface area contributed by atoms with Gasteiger partial charge in [-0.25, -0.2) is 0 Å². The number of rotatable bonds is 5. The van der Waals surface area contributed by atoms with Gasteiger partial charge < -0.3 is 19.7 Å². The summed E-state index contributed by atoms with van der Waals surface area (Å²) >= 11 is 0. The smallest absolute Gasteiger partial charge is 0.161 e. The van der Waals surface area contributed by atoms with Gasteiger partial charge in [-0.3, -0.25) is 0 Å². The molecule has 0 aliphatic heterocycles. The summed E-state index contributed by atoms with van der Waals surface area (Å²) in [6, 6.07) is 9.03. The highest BCUT2D eigenvalue weighted by atomic mass is 16.5. The zero-order chi connectivity index (χ0) is 15.4. The van der Waals surface area contributed by atoms with Crippen LogP contribution in [0.25, 0.3) is 0 Å². The van der Waals surface area contributed by atoms with Crippen molar-refractivity contribution in [3.05, 3.63) is 47.0 Å². The van der Waals surface area contributed by atoms with Crippen LogP contribution in [0.15, 0.2) is 30.3 Å². The Morgan fingerprint density at radius 1 is 0.905 bits per heavy atom. The fourth-order valence-electron chi connectivity index (χ4n) is 2.32. The lowest BCUT2D eigenvalue weighted by atomic mass is 10.0. The van der Waals surface area contributed by atoms with E-state index in [-0.39, 0.29) is 11.5 Å². The summed E-state index contributed by atoms with van der Waals surface area (Å²) in [6.07, 6.45) is 1.41. The van der Waals surface area contributed by atoms with Crippen LogP contribution in [0.1, 0.15) is 16.7 Å². The Morgan fingerprint density at radius 2 is 1.62 bits per heavy atom. The van der Waals surface area contributed by atoms with Gasteiger partial charge in [-0.05, 0) is 54.7 Å². The quantitative estimate of drug-likeness (QED) is 0.887.